The van der Waals surface area contributed by atoms with Gasteiger partial charge in [0.15, 0.2) is 11.5 Å². The quantitative estimate of drug-likeness (QED) is 0.313. The third kappa shape index (κ3) is 4.78. The Morgan fingerprint density at radius 1 is 1.00 bits per heavy atom. The third-order valence-corrected chi connectivity index (χ3v) is 6.46. The van der Waals surface area contributed by atoms with Crippen LogP contribution in [0, 0.1) is 0 Å². The van der Waals surface area contributed by atoms with Gasteiger partial charge in [-0.1, -0.05) is 6.42 Å². The Bertz CT molecular complexity index is 1360. The Balaban J connectivity index is 1.43. The van der Waals surface area contributed by atoms with Gasteiger partial charge in [0.2, 0.25) is 0 Å². The van der Waals surface area contributed by atoms with Crippen LogP contribution in [-0.4, -0.2) is 54.4 Å². The summed E-state index contributed by atoms with van der Waals surface area (Å²) in [7, 11) is 3.21. The molecule has 1 aliphatic rings. The lowest BCUT2D eigenvalue weighted by atomic mass is 9.93. The van der Waals surface area contributed by atoms with E-state index in [1.54, 1.807) is 32.8 Å². The van der Waals surface area contributed by atoms with E-state index in [0.717, 1.165) is 33.8 Å². The summed E-state index contributed by atoms with van der Waals surface area (Å²) in [5.74, 6) is 2.25. The van der Waals surface area contributed by atoms with Crippen molar-refractivity contribution in [2.75, 3.05) is 33.1 Å². The average molecular weight is 475 g/mol. The highest BCUT2D eigenvalue weighted by atomic mass is 16.5. The molecule has 0 saturated heterocycles. The second kappa shape index (κ2) is 9.89. The Kier molecular flexibility index (Phi) is 6.52. The van der Waals surface area contributed by atoms with Gasteiger partial charge in [0.1, 0.15) is 18.2 Å². The molecule has 1 fully saturated rings. The molecule has 35 heavy (non-hydrogen) atoms. The number of anilines is 1. The summed E-state index contributed by atoms with van der Waals surface area (Å²) in [4.78, 5) is 13.5. The van der Waals surface area contributed by atoms with Crippen molar-refractivity contribution < 1.29 is 14.2 Å². The Morgan fingerprint density at radius 3 is 2.54 bits per heavy atom. The van der Waals surface area contributed by atoms with Crippen molar-refractivity contribution in [3.8, 4) is 28.5 Å². The number of rotatable bonds is 9. The van der Waals surface area contributed by atoms with Crippen molar-refractivity contribution in [1.29, 1.82) is 0 Å². The minimum atomic E-state index is -0.0977. The van der Waals surface area contributed by atoms with Crippen LogP contribution in [0.1, 0.15) is 19.3 Å². The number of methoxy groups -OCH3 is 2. The van der Waals surface area contributed by atoms with Gasteiger partial charge in [0, 0.05) is 47.4 Å². The van der Waals surface area contributed by atoms with Gasteiger partial charge in [-0.05, 0) is 36.4 Å². The maximum absolute atomic E-state index is 6.34. The first-order valence-corrected chi connectivity index (χ1v) is 11.7. The normalized spacial score (nSPS) is 14.6. The molecular weight excluding hydrogens is 444 g/mol. The number of benzene rings is 1. The highest BCUT2D eigenvalue weighted by Crippen LogP contribution is 2.37. The number of ether oxygens (including phenoxy) is 3. The standard InChI is InChI=1S/C26H30N6O3/c1-33-24-8-20-19-7-22(32-26(28)21(19)13-31-23(20)9-25(24)34-2)15-6-18(12-29-10-15)35-14-16(27)11-30-17-4-3-5-17/h6-10,12-13,16-17,30H,3-5,11,14,27H2,1-2H3,(H2,28,32)/t16-/m0/s1. The first-order chi connectivity index (χ1) is 17.1. The Hall–Kier alpha value is -3.69. The molecule has 1 atom stereocenters. The largest absolute Gasteiger partial charge is 0.493 e. The SMILES string of the molecule is COc1cc2ncc3c(N)nc(-c4cncc(OC[C@@H](N)CNC5CCC5)c4)cc3c2cc1OC. The van der Waals surface area contributed by atoms with Gasteiger partial charge in [-0.3, -0.25) is 9.97 Å². The number of fused-ring (bicyclic) bond motifs is 3. The molecule has 1 aliphatic carbocycles. The molecule has 182 valence electrons. The molecule has 3 heterocycles. The van der Waals surface area contributed by atoms with Crippen molar-refractivity contribution in [2.45, 2.75) is 31.3 Å². The fourth-order valence-corrected chi connectivity index (χ4v) is 4.24. The first-order valence-electron chi connectivity index (χ1n) is 11.7. The van der Waals surface area contributed by atoms with Crippen molar-refractivity contribution in [2.24, 2.45) is 5.73 Å². The van der Waals surface area contributed by atoms with Crippen LogP contribution in [-0.2, 0) is 0 Å². The van der Waals surface area contributed by atoms with Crippen LogP contribution >= 0.6 is 0 Å². The number of pyridine rings is 3. The number of aromatic nitrogens is 3. The lowest BCUT2D eigenvalue weighted by molar-refractivity contribution is 0.265. The monoisotopic (exact) mass is 474 g/mol. The Morgan fingerprint density at radius 2 is 1.80 bits per heavy atom. The molecule has 0 bridgehead atoms. The highest BCUT2D eigenvalue weighted by Gasteiger charge is 2.18. The molecule has 0 amide bonds. The van der Waals surface area contributed by atoms with Gasteiger partial charge in [0.05, 0.1) is 37.7 Å². The van der Waals surface area contributed by atoms with E-state index in [1.165, 1.54) is 19.3 Å². The number of hydrogen-bond donors (Lipinski definition) is 3. The van der Waals surface area contributed by atoms with E-state index < -0.39 is 0 Å². The highest BCUT2D eigenvalue weighted by molar-refractivity contribution is 6.10. The maximum atomic E-state index is 6.34. The summed E-state index contributed by atoms with van der Waals surface area (Å²) >= 11 is 0. The van der Waals surface area contributed by atoms with E-state index in [9.17, 15) is 0 Å². The number of nitrogen functional groups attached to an aromatic ring is 1. The van der Waals surface area contributed by atoms with E-state index in [1.807, 2.05) is 24.3 Å². The van der Waals surface area contributed by atoms with E-state index in [4.69, 9.17) is 25.7 Å². The van der Waals surface area contributed by atoms with Crippen LogP contribution in [0.15, 0.2) is 42.9 Å². The van der Waals surface area contributed by atoms with Crippen LogP contribution in [0.3, 0.4) is 0 Å². The molecule has 9 nitrogen and oxygen atoms in total. The molecule has 0 spiro atoms. The topological polar surface area (TPSA) is 130 Å². The molecule has 4 aromatic rings. The maximum Gasteiger partial charge on any atom is 0.162 e. The summed E-state index contributed by atoms with van der Waals surface area (Å²) in [5.41, 5.74) is 14.8. The number of nitrogens with zero attached hydrogens (tertiary/aromatic N) is 3. The summed E-state index contributed by atoms with van der Waals surface area (Å²) in [6.45, 7) is 1.13. The third-order valence-electron chi connectivity index (χ3n) is 6.46. The molecule has 5 rings (SSSR count). The predicted molar refractivity (Wildman–Crippen MR) is 137 cm³/mol. The second-order valence-corrected chi connectivity index (χ2v) is 8.85. The fraction of sp³-hybridized carbons (Fsp3) is 0.346. The van der Waals surface area contributed by atoms with E-state index in [-0.39, 0.29) is 6.04 Å². The van der Waals surface area contributed by atoms with Crippen molar-refractivity contribution in [3.63, 3.8) is 0 Å². The zero-order chi connectivity index (χ0) is 24.4. The summed E-state index contributed by atoms with van der Waals surface area (Å²) in [6, 6.07) is 8.14. The van der Waals surface area contributed by atoms with E-state index in [0.29, 0.717) is 41.4 Å². The van der Waals surface area contributed by atoms with E-state index in [2.05, 4.69) is 20.3 Å². The first kappa shape index (κ1) is 23.1. The lowest BCUT2D eigenvalue weighted by Crippen LogP contribution is -2.45. The van der Waals surface area contributed by atoms with Crippen LogP contribution in [0.2, 0.25) is 0 Å². The predicted octanol–water partition coefficient (Wildman–Crippen LogP) is 3.29. The van der Waals surface area contributed by atoms with Crippen LogP contribution in [0.25, 0.3) is 32.9 Å². The summed E-state index contributed by atoms with van der Waals surface area (Å²) in [6.07, 6.45) is 8.90. The molecule has 3 aromatic heterocycles. The van der Waals surface area contributed by atoms with Gasteiger partial charge in [-0.2, -0.15) is 0 Å². The molecule has 5 N–H and O–H groups in total. The van der Waals surface area contributed by atoms with Gasteiger partial charge < -0.3 is 31.0 Å². The number of hydrogen-bond acceptors (Lipinski definition) is 9. The van der Waals surface area contributed by atoms with E-state index >= 15 is 0 Å². The number of nitrogens with one attached hydrogen (secondary N) is 1. The van der Waals surface area contributed by atoms with Crippen molar-refractivity contribution >= 4 is 27.5 Å². The average Bonchev–Trinajstić information content (AvgIpc) is 2.85. The molecule has 9 heteroatoms. The molecule has 1 saturated carbocycles. The Labute approximate surface area is 203 Å². The zero-order valence-corrected chi connectivity index (χ0v) is 20.0. The number of nitrogens with two attached hydrogens (primary N) is 2. The smallest absolute Gasteiger partial charge is 0.162 e. The van der Waals surface area contributed by atoms with Gasteiger partial charge in [0.25, 0.3) is 0 Å². The fourth-order valence-electron chi connectivity index (χ4n) is 4.24. The second-order valence-electron chi connectivity index (χ2n) is 8.85. The van der Waals surface area contributed by atoms with Gasteiger partial charge in [-0.15, -0.1) is 0 Å². The minimum Gasteiger partial charge on any atom is -0.493 e. The molecule has 0 aliphatic heterocycles. The van der Waals surface area contributed by atoms with Crippen LogP contribution < -0.4 is 31.0 Å². The molecule has 1 aromatic carbocycles. The van der Waals surface area contributed by atoms with Crippen LogP contribution in [0.5, 0.6) is 17.2 Å². The van der Waals surface area contributed by atoms with Crippen molar-refractivity contribution in [1.82, 2.24) is 20.3 Å². The zero-order valence-electron chi connectivity index (χ0n) is 20.0. The van der Waals surface area contributed by atoms with Crippen molar-refractivity contribution in [3.05, 3.63) is 42.9 Å². The molecule has 0 unspecified atom stereocenters. The summed E-state index contributed by atoms with van der Waals surface area (Å²) < 4.78 is 16.9. The van der Waals surface area contributed by atoms with Gasteiger partial charge >= 0.3 is 0 Å². The lowest BCUT2D eigenvalue weighted by Gasteiger charge is -2.28. The molecular formula is C26H30N6O3. The molecule has 0 radical (unpaired) electrons. The van der Waals surface area contributed by atoms with Crippen LogP contribution in [0.4, 0.5) is 5.82 Å². The van der Waals surface area contributed by atoms with Gasteiger partial charge in [-0.25, -0.2) is 4.98 Å². The minimum absolute atomic E-state index is 0.0977. The summed E-state index contributed by atoms with van der Waals surface area (Å²) in [5, 5.41) is 6.04.